The molecular formula is C14H26O2. The number of carbonyl (C=O) groups excluding carboxylic acids is 1. The van der Waals surface area contributed by atoms with Gasteiger partial charge in [0.1, 0.15) is 6.29 Å². The van der Waals surface area contributed by atoms with E-state index < -0.39 is 6.10 Å². The summed E-state index contributed by atoms with van der Waals surface area (Å²) in [5.74, 6) is 0. The van der Waals surface area contributed by atoms with Crippen LogP contribution < -0.4 is 0 Å². The minimum Gasteiger partial charge on any atom is -0.393 e. The van der Waals surface area contributed by atoms with Gasteiger partial charge < -0.3 is 9.90 Å². The molecule has 0 spiro atoms. The molecule has 0 bridgehead atoms. The fourth-order valence-electron chi connectivity index (χ4n) is 1.78. The predicted molar refractivity (Wildman–Crippen MR) is 68.4 cm³/mol. The number of carbonyl (C=O) groups is 1. The Morgan fingerprint density at radius 3 is 2.12 bits per heavy atom. The molecule has 16 heavy (non-hydrogen) atoms. The number of aldehydes is 1. The zero-order valence-corrected chi connectivity index (χ0v) is 10.4. The summed E-state index contributed by atoms with van der Waals surface area (Å²) in [4.78, 5) is 10.1. The molecule has 0 fully saturated rings. The van der Waals surface area contributed by atoms with Crippen LogP contribution in [0.2, 0.25) is 0 Å². The van der Waals surface area contributed by atoms with E-state index in [-0.39, 0.29) is 0 Å². The van der Waals surface area contributed by atoms with E-state index >= 15 is 0 Å². The number of hydrogen-bond donors (Lipinski definition) is 1. The molecule has 0 heterocycles. The van der Waals surface area contributed by atoms with Crippen LogP contribution in [0.25, 0.3) is 0 Å². The van der Waals surface area contributed by atoms with Crippen molar-refractivity contribution in [2.75, 3.05) is 0 Å². The minimum absolute atomic E-state index is 0.293. The van der Waals surface area contributed by atoms with Gasteiger partial charge in [0.05, 0.1) is 6.10 Å². The first kappa shape index (κ1) is 15.4. The van der Waals surface area contributed by atoms with Crippen molar-refractivity contribution in [3.05, 3.63) is 12.7 Å². The Morgan fingerprint density at radius 1 is 1.00 bits per heavy atom. The second kappa shape index (κ2) is 12.4. The summed E-state index contributed by atoms with van der Waals surface area (Å²) in [6.45, 7) is 3.70. The summed E-state index contributed by atoms with van der Waals surface area (Å²) in [5.41, 5.74) is 0. The fraction of sp³-hybridized carbons (Fsp3) is 0.786. The smallest absolute Gasteiger partial charge is 0.122 e. The Labute approximate surface area is 99.7 Å². The third-order valence-electron chi connectivity index (χ3n) is 2.81. The highest BCUT2D eigenvalue weighted by Gasteiger charge is 2.01. The van der Waals surface area contributed by atoms with Gasteiger partial charge in [-0.3, -0.25) is 0 Å². The van der Waals surface area contributed by atoms with Crippen LogP contribution in [0.1, 0.15) is 64.2 Å². The van der Waals surface area contributed by atoms with Crippen molar-refractivity contribution in [2.24, 2.45) is 0 Å². The highest BCUT2D eigenvalue weighted by atomic mass is 16.3. The Hall–Kier alpha value is -0.630. The standard InChI is InChI=1S/C14H26O2/c1-2-3-4-5-6-7-8-9-10-11-14(16)12-13-15/h2,13-14,16H,1,3-12H2. The lowest BCUT2D eigenvalue weighted by molar-refractivity contribution is -0.109. The molecule has 0 radical (unpaired) electrons. The van der Waals surface area contributed by atoms with Crippen LogP contribution in [0.4, 0.5) is 0 Å². The van der Waals surface area contributed by atoms with Crippen molar-refractivity contribution >= 4 is 6.29 Å². The van der Waals surface area contributed by atoms with E-state index in [0.717, 1.165) is 25.5 Å². The van der Waals surface area contributed by atoms with Crippen LogP contribution in [0.3, 0.4) is 0 Å². The van der Waals surface area contributed by atoms with E-state index in [1.165, 1.54) is 38.5 Å². The molecule has 2 heteroatoms. The van der Waals surface area contributed by atoms with Gasteiger partial charge in [-0.2, -0.15) is 0 Å². The van der Waals surface area contributed by atoms with Crippen molar-refractivity contribution in [3.63, 3.8) is 0 Å². The molecule has 0 rings (SSSR count). The molecule has 1 N–H and O–H groups in total. The first-order valence-electron chi connectivity index (χ1n) is 6.54. The molecule has 0 aliphatic rings. The van der Waals surface area contributed by atoms with Crippen LogP contribution in [-0.2, 0) is 4.79 Å². The third-order valence-corrected chi connectivity index (χ3v) is 2.81. The van der Waals surface area contributed by atoms with Crippen LogP contribution in [0.5, 0.6) is 0 Å². The number of allylic oxidation sites excluding steroid dienone is 1. The van der Waals surface area contributed by atoms with Crippen LogP contribution >= 0.6 is 0 Å². The van der Waals surface area contributed by atoms with Crippen molar-refractivity contribution in [1.82, 2.24) is 0 Å². The SMILES string of the molecule is C=CCCCCCCCCCC(O)CC=O. The van der Waals surface area contributed by atoms with Gasteiger partial charge in [0.15, 0.2) is 0 Å². The van der Waals surface area contributed by atoms with Gasteiger partial charge in [0, 0.05) is 6.42 Å². The maximum absolute atomic E-state index is 10.1. The van der Waals surface area contributed by atoms with Crippen LogP contribution in [0.15, 0.2) is 12.7 Å². The van der Waals surface area contributed by atoms with E-state index in [9.17, 15) is 9.90 Å². The quantitative estimate of drug-likeness (QED) is 0.313. The maximum Gasteiger partial charge on any atom is 0.122 e. The minimum atomic E-state index is -0.412. The molecule has 1 unspecified atom stereocenters. The fourth-order valence-corrected chi connectivity index (χ4v) is 1.78. The van der Waals surface area contributed by atoms with E-state index in [4.69, 9.17) is 0 Å². The molecule has 0 saturated heterocycles. The largest absolute Gasteiger partial charge is 0.393 e. The van der Waals surface area contributed by atoms with Gasteiger partial charge >= 0.3 is 0 Å². The molecule has 0 aromatic carbocycles. The molecule has 0 aliphatic heterocycles. The molecule has 94 valence electrons. The molecule has 2 nitrogen and oxygen atoms in total. The monoisotopic (exact) mass is 226 g/mol. The molecule has 0 saturated carbocycles. The lowest BCUT2D eigenvalue weighted by Gasteiger charge is -2.06. The average Bonchev–Trinajstić information content (AvgIpc) is 2.27. The molecule has 0 aliphatic carbocycles. The van der Waals surface area contributed by atoms with E-state index in [0.29, 0.717) is 6.42 Å². The van der Waals surface area contributed by atoms with Crippen molar-refractivity contribution in [2.45, 2.75) is 70.3 Å². The highest BCUT2D eigenvalue weighted by molar-refractivity contribution is 5.49. The van der Waals surface area contributed by atoms with Gasteiger partial charge in [-0.15, -0.1) is 6.58 Å². The van der Waals surface area contributed by atoms with E-state index in [1.54, 1.807) is 0 Å². The normalized spacial score (nSPS) is 12.3. The molecular weight excluding hydrogens is 200 g/mol. The summed E-state index contributed by atoms with van der Waals surface area (Å²) >= 11 is 0. The Morgan fingerprint density at radius 2 is 1.56 bits per heavy atom. The number of unbranched alkanes of at least 4 members (excludes halogenated alkanes) is 7. The van der Waals surface area contributed by atoms with Gasteiger partial charge in [-0.05, 0) is 19.3 Å². The predicted octanol–water partition coefficient (Wildman–Crippen LogP) is 3.63. The second-order valence-electron chi connectivity index (χ2n) is 4.40. The molecule has 0 aromatic heterocycles. The van der Waals surface area contributed by atoms with Crippen molar-refractivity contribution in [3.8, 4) is 0 Å². The van der Waals surface area contributed by atoms with Crippen LogP contribution in [0, 0.1) is 0 Å². The first-order valence-corrected chi connectivity index (χ1v) is 6.54. The van der Waals surface area contributed by atoms with E-state index in [1.807, 2.05) is 6.08 Å². The average molecular weight is 226 g/mol. The van der Waals surface area contributed by atoms with Gasteiger partial charge in [-0.1, -0.05) is 44.6 Å². The van der Waals surface area contributed by atoms with Crippen LogP contribution in [-0.4, -0.2) is 17.5 Å². The number of hydrogen-bond acceptors (Lipinski definition) is 2. The van der Waals surface area contributed by atoms with E-state index in [2.05, 4.69) is 6.58 Å². The number of aliphatic hydroxyl groups excluding tert-OH is 1. The third kappa shape index (κ3) is 11.4. The first-order chi connectivity index (χ1) is 7.81. The molecule has 0 aromatic rings. The Kier molecular flexibility index (Phi) is 11.9. The lowest BCUT2D eigenvalue weighted by Crippen LogP contribution is -2.06. The summed E-state index contributed by atoms with van der Waals surface area (Å²) in [6, 6.07) is 0. The van der Waals surface area contributed by atoms with Gasteiger partial charge in [-0.25, -0.2) is 0 Å². The summed E-state index contributed by atoms with van der Waals surface area (Å²) in [5, 5.41) is 9.31. The van der Waals surface area contributed by atoms with Crippen molar-refractivity contribution < 1.29 is 9.90 Å². The van der Waals surface area contributed by atoms with Gasteiger partial charge in [0.2, 0.25) is 0 Å². The molecule has 0 amide bonds. The zero-order valence-electron chi connectivity index (χ0n) is 10.4. The van der Waals surface area contributed by atoms with Crippen molar-refractivity contribution in [1.29, 1.82) is 0 Å². The molecule has 1 atom stereocenters. The lowest BCUT2D eigenvalue weighted by atomic mass is 10.0. The number of rotatable bonds is 12. The number of aliphatic hydroxyl groups is 1. The highest BCUT2D eigenvalue weighted by Crippen LogP contribution is 2.11. The summed E-state index contributed by atoms with van der Waals surface area (Å²) < 4.78 is 0. The summed E-state index contributed by atoms with van der Waals surface area (Å²) in [6.07, 6.45) is 13.2. The van der Waals surface area contributed by atoms with Gasteiger partial charge in [0.25, 0.3) is 0 Å². The Bertz CT molecular complexity index is 166. The summed E-state index contributed by atoms with van der Waals surface area (Å²) in [7, 11) is 0. The second-order valence-corrected chi connectivity index (χ2v) is 4.40. The zero-order chi connectivity index (χ0) is 12.1. The Balaban J connectivity index is 3.03. The topological polar surface area (TPSA) is 37.3 Å². The maximum atomic E-state index is 10.1.